The third-order valence-electron chi connectivity index (χ3n) is 2.78. The van der Waals surface area contributed by atoms with Gasteiger partial charge in [0, 0.05) is 29.6 Å². The van der Waals surface area contributed by atoms with Crippen molar-refractivity contribution in [3.8, 4) is 0 Å². The molecule has 0 atom stereocenters. The Morgan fingerprint density at radius 1 is 1.40 bits per heavy atom. The van der Waals surface area contributed by atoms with E-state index in [1.807, 2.05) is 0 Å². The van der Waals surface area contributed by atoms with E-state index in [1.54, 1.807) is 12.3 Å². The van der Waals surface area contributed by atoms with Gasteiger partial charge in [0.05, 0.1) is 6.26 Å². The first-order valence-electron chi connectivity index (χ1n) is 5.22. The summed E-state index contributed by atoms with van der Waals surface area (Å²) in [4.78, 5) is 0. The third kappa shape index (κ3) is 1.75. The van der Waals surface area contributed by atoms with Crippen LogP contribution in [0, 0.1) is 5.82 Å². The van der Waals surface area contributed by atoms with Crippen LogP contribution in [0.2, 0.25) is 0 Å². The quantitative estimate of drug-likeness (QED) is 0.833. The van der Waals surface area contributed by atoms with Crippen LogP contribution in [0.1, 0.15) is 18.4 Å². The summed E-state index contributed by atoms with van der Waals surface area (Å²) in [6.45, 7) is 0.809. The summed E-state index contributed by atoms with van der Waals surface area (Å²) in [6, 6.07) is 5.35. The van der Waals surface area contributed by atoms with Crippen LogP contribution in [0.4, 0.5) is 4.39 Å². The minimum absolute atomic E-state index is 0.251. The zero-order chi connectivity index (χ0) is 10.3. The molecule has 0 amide bonds. The molecule has 1 N–H and O–H groups in total. The van der Waals surface area contributed by atoms with Gasteiger partial charge in [-0.15, -0.1) is 0 Å². The van der Waals surface area contributed by atoms with Gasteiger partial charge in [-0.2, -0.15) is 0 Å². The van der Waals surface area contributed by atoms with Gasteiger partial charge in [-0.3, -0.25) is 0 Å². The molecule has 1 heterocycles. The lowest BCUT2D eigenvalue weighted by Crippen LogP contribution is -2.14. The minimum atomic E-state index is -0.251. The van der Waals surface area contributed by atoms with E-state index in [2.05, 4.69) is 5.32 Å². The number of halogens is 1. The van der Waals surface area contributed by atoms with Crippen LogP contribution in [0.15, 0.2) is 28.9 Å². The summed E-state index contributed by atoms with van der Waals surface area (Å²) in [6.07, 6.45) is 4.24. The van der Waals surface area contributed by atoms with Crippen LogP contribution in [0.5, 0.6) is 0 Å². The molecule has 0 aliphatic heterocycles. The van der Waals surface area contributed by atoms with Gasteiger partial charge < -0.3 is 9.73 Å². The maximum Gasteiger partial charge on any atom is 0.137 e. The molecule has 0 bridgehead atoms. The molecule has 0 saturated heterocycles. The molecule has 1 saturated carbocycles. The predicted molar refractivity (Wildman–Crippen MR) is 56.0 cm³/mol. The fraction of sp³-hybridized carbons (Fsp3) is 0.333. The second kappa shape index (κ2) is 3.35. The van der Waals surface area contributed by atoms with E-state index in [1.165, 1.54) is 25.0 Å². The van der Waals surface area contributed by atoms with E-state index in [4.69, 9.17) is 4.42 Å². The van der Waals surface area contributed by atoms with Crippen LogP contribution < -0.4 is 5.32 Å². The Labute approximate surface area is 87.1 Å². The zero-order valence-corrected chi connectivity index (χ0v) is 8.29. The average Bonchev–Trinajstić information content (AvgIpc) is 2.97. The standard InChI is InChI=1S/C12H12FNO/c13-9-1-4-11-8(6-14-10-2-3-10)7-15-12(11)5-9/h1,4-5,7,10,14H,2-3,6H2. The first-order chi connectivity index (χ1) is 7.33. The minimum Gasteiger partial charge on any atom is -0.464 e. The Kier molecular flexibility index (Phi) is 1.99. The van der Waals surface area contributed by atoms with Crippen molar-refractivity contribution in [3.05, 3.63) is 35.8 Å². The Bertz CT molecular complexity index is 487. The van der Waals surface area contributed by atoms with Crippen LogP contribution in [0.25, 0.3) is 11.0 Å². The molecule has 0 unspecified atom stereocenters. The topological polar surface area (TPSA) is 25.2 Å². The Balaban J connectivity index is 1.89. The molecule has 1 fully saturated rings. The van der Waals surface area contributed by atoms with Crippen molar-refractivity contribution in [2.24, 2.45) is 0 Å². The monoisotopic (exact) mass is 205 g/mol. The number of rotatable bonds is 3. The Morgan fingerprint density at radius 3 is 3.07 bits per heavy atom. The zero-order valence-electron chi connectivity index (χ0n) is 8.29. The van der Waals surface area contributed by atoms with Gasteiger partial charge in [0.1, 0.15) is 11.4 Å². The molecule has 2 nitrogen and oxygen atoms in total. The lowest BCUT2D eigenvalue weighted by atomic mass is 10.2. The van der Waals surface area contributed by atoms with Gasteiger partial charge in [-0.05, 0) is 25.0 Å². The first-order valence-corrected chi connectivity index (χ1v) is 5.22. The number of nitrogens with one attached hydrogen (secondary N) is 1. The molecule has 0 radical (unpaired) electrons. The van der Waals surface area contributed by atoms with Gasteiger partial charge in [-0.1, -0.05) is 0 Å². The lowest BCUT2D eigenvalue weighted by molar-refractivity contribution is 0.591. The fourth-order valence-electron chi connectivity index (χ4n) is 1.74. The van der Waals surface area contributed by atoms with Crippen LogP contribution >= 0.6 is 0 Å². The molecule has 1 aliphatic carbocycles. The summed E-state index contributed by atoms with van der Waals surface area (Å²) >= 11 is 0. The molecule has 1 aromatic heterocycles. The SMILES string of the molecule is Fc1ccc2c(CNC3CC3)coc2c1. The number of fused-ring (bicyclic) bond motifs is 1. The Morgan fingerprint density at radius 2 is 2.27 bits per heavy atom. The van der Waals surface area contributed by atoms with Gasteiger partial charge in [0.15, 0.2) is 0 Å². The highest BCUT2D eigenvalue weighted by Crippen LogP contribution is 2.24. The second-order valence-electron chi connectivity index (χ2n) is 4.06. The third-order valence-corrected chi connectivity index (χ3v) is 2.78. The van der Waals surface area contributed by atoms with Crippen molar-refractivity contribution in [2.45, 2.75) is 25.4 Å². The molecule has 1 aliphatic rings. The van der Waals surface area contributed by atoms with Crippen molar-refractivity contribution in [2.75, 3.05) is 0 Å². The first kappa shape index (κ1) is 8.92. The number of hydrogen-bond donors (Lipinski definition) is 1. The second-order valence-corrected chi connectivity index (χ2v) is 4.06. The maximum absolute atomic E-state index is 12.9. The van der Waals surface area contributed by atoms with Crippen molar-refractivity contribution in [3.63, 3.8) is 0 Å². The van der Waals surface area contributed by atoms with Crippen molar-refractivity contribution >= 4 is 11.0 Å². The Hall–Kier alpha value is -1.35. The van der Waals surface area contributed by atoms with E-state index in [-0.39, 0.29) is 5.82 Å². The van der Waals surface area contributed by atoms with Gasteiger partial charge in [0.25, 0.3) is 0 Å². The van der Waals surface area contributed by atoms with Gasteiger partial charge in [0.2, 0.25) is 0 Å². The van der Waals surface area contributed by atoms with Gasteiger partial charge >= 0.3 is 0 Å². The van der Waals surface area contributed by atoms with Crippen LogP contribution in [0.3, 0.4) is 0 Å². The molecular formula is C12H12FNO. The largest absolute Gasteiger partial charge is 0.464 e. The summed E-state index contributed by atoms with van der Waals surface area (Å²) < 4.78 is 18.2. The predicted octanol–water partition coefficient (Wildman–Crippen LogP) is 2.82. The smallest absolute Gasteiger partial charge is 0.137 e. The lowest BCUT2D eigenvalue weighted by Gasteiger charge is -1.99. The van der Waals surface area contributed by atoms with E-state index in [0.717, 1.165) is 17.5 Å². The highest BCUT2D eigenvalue weighted by Gasteiger charge is 2.20. The number of furan rings is 1. The number of benzene rings is 1. The molecule has 1 aromatic carbocycles. The molecular weight excluding hydrogens is 193 g/mol. The molecule has 3 heteroatoms. The molecule has 2 aromatic rings. The summed E-state index contributed by atoms with van der Waals surface area (Å²) in [5, 5.41) is 4.42. The molecule has 3 rings (SSSR count). The highest BCUT2D eigenvalue weighted by molar-refractivity contribution is 5.80. The average molecular weight is 205 g/mol. The highest BCUT2D eigenvalue weighted by atomic mass is 19.1. The summed E-state index contributed by atoms with van der Waals surface area (Å²) in [5.74, 6) is -0.251. The fourth-order valence-corrected chi connectivity index (χ4v) is 1.74. The van der Waals surface area contributed by atoms with Crippen molar-refractivity contribution in [1.29, 1.82) is 0 Å². The van der Waals surface area contributed by atoms with Crippen LogP contribution in [-0.2, 0) is 6.54 Å². The maximum atomic E-state index is 12.9. The van der Waals surface area contributed by atoms with E-state index in [9.17, 15) is 4.39 Å². The molecule has 78 valence electrons. The van der Waals surface area contributed by atoms with Gasteiger partial charge in [-0.25, -0.2) is 4.39 Å². The van der Waals surface area contributed by atoms with E-state index in [0.29, 0.717) is 11.6 Å². The normalized spacial score (nSPS) is 16.1. The summed E-state index contributed by atoms with van der Waals surface area (Å²) in [5.41, 5.74) is 1.74. The van der Waals surface area contributed by atoms with E-state index >= 15 is 0 Å². The van der Waals surface area contributed by atoms with E-state index < -0.39 is 0 Å². The summed E-state index contributed by atoms with van der Waals surface area (Å²) in [7, 11) is 0. The van der Waals surface area contributed by atoms with Crippen molar-refractivity contribution < 1.29 is 8.81 Å². The van der Waals surface area contributed by atoms with Crippen LogP contribution in [-0.4, -0.2) is 6.04 Å². The molecule has 15 heavy (non-hydrogen) atoms. The molecule has 0 spiro atoms. The number of hydrogen-bond acceptors (Lipinski definition) is 2. The van der Waals surface area contributed by atoms with Crippen molar-refractivity contribution in [1.82, 2.24) is 5.32 Å².